The van der Waals surface area contributed by atoms with Crippen molar-refractivity contribution in [2.24, 2.45) is 5.73 Å². The van der Waals surface area contributed by atoms with Gasteiger partial charge in [0.25, 0.3) is 0 Å². The highest BCUT2D eigenvalue weighted by molar-refractivity contribution is 5.83. The fraction of sp³-hybridized carbons (Fsp3) is 0.438. The van der Waals surface area contributed by atoms with Gasteiger partial charge in [-0.1, -0.05) is 19.4 Å². The van der Waals surface area contributed by atoms with Crippen molar-refractivity contribution in [1.82, 2.24) is 9.88 Å². The van der Waals surface area contributed by atoms with Crippen molar-refractivity contribution in [2.45, 2.75) is 45.8 Å². The van der Waals surface area contributed by atoms with E-state index in [1.165, 1.54) is 0 Å². The maximum Gasteiger partial charge on any atom is 0.240 e. The van der Waals surface area contributed by atoms with E-state index >= 15 is 0 Å². The number of nitrogens with zero attached hydrogens (tertiary/aromatic N) is 1. The molecule has 0 saturated carbocycles. The Hall–Kier alpha value is -1.81. The van der Waals surface area contributed by atoms with Gasteiger partial charge in [-0.3, -0.25) is 4.79 Å². The van der Waals surface area contributed by atoms with Gasteiger partial charge in [0.1, 0.15) is 6.54 Å². The molecule has 0 fully saturated rings. The molecule has 1 unspecified atom stereocenters. The summed E-state index contributed by atoms with van der Waals surface area (Å²) in [4.78, 5) is 12.0. The molecule has 0 aliphatic carbocycles. The zero-order valence-corrected chi connectivity index (χ0v) is 12.2. The largest absolute Gasteiger partial charge is 0.352 e. The summed E-state index contributed by atoms with van der Waals surface area (Å²) in [5, 5.41) is 4.15. The third-order valence-electron chi connectivity index (χ3n) is 3.51. The summed E-state index contributed by atoms with van der Waals surface area (Å²) in [6.45, 7) is 5.06. The molecule has 0 aliphatic rings. The molecule has 20 heavy (non-hydrogen) atoms. The van der Waals surface area contributed by atoms with Gasteiger partial charge in [-0.15, -0.1) is 0 Å². The number of amides is 1. The molecule has 0 saturated heterocycles. The molecule has 2 rings (SSSR count). The molecule has 2 aromatic rings. The number of nitrogens with two attached hydrogens (primary N) is 1. The van der Waals surface area contributed by atoms with Crippen molar-refractivity contribution in [3.8, 4) is 0 Å². The second-order valence-electron chi connectivity index (χ2n) is 5.30. The standard InChI is InChI=1S/C16H23N3O/c1-3-4-12(2)18-16(20)11-19-8-7-14-9-13(10-17)5-6-15(14)19/h5-9,12H,3-4,10-11,17H2,1-2H3,(H,18,20). The SMILES string of the molecule is CCCC(C)NC(=O)Cn1ccc2cc(CN)ccc21. The minimum absolute atomic E-state index is 0.0614. The lowest BCUT2D eigenvalue weighted by atomic mass is 10.1. The van der Waals surface area contributed by atoms with E-state index in [1.54, 1.807) is 0 Å². The second-order valence-corrected chi connectivity index (χ2v) is 5.30. The van der Waals surface area contributed by atoms with E-state index in [9.17, 15) is 4.79 Å². The van der Waals surface area contributed by atoms with Crippen molar-refractivity contribution >= 4 is 16.8 Å². The van der Waals surface area contributed by atoms with Crippen LogP contribution in [0.4, 0.5) is 0 Å². The zero-order chi connectivity index (χ0) is 14.5. The molecule has 4 heteroatoms. The van der Waals surface area contributed by atoms with Gasteiger partial charge < -0.3 is 15.6 Å². The number of rotatable bonds is 6. The van der Waals surface area contributed by atoms with Gasteiger partial charge in [-0.2, -0.15) is 0 Å². The summed E-state index contributed by atoms with van der Waals surface area (Å²) >= 11 is 0. The van der Waals surface area contributed by atoms with E-state index in [4.69, 9.17) is 5.73 Å². The topological polar surface area (TPSA) is 60.0 Å². The fourth-order valence-electron chi connectivity index (χ4n) is 2.49. The van der Waals surface area contributed by atoms with Crippen LogP contribution in [0.25, 0.3) is 10.9 Å². The van der Waals surface area contributed by atoms with E-state index in [0.29, 0.717) is 13.1 Å². The van der Waals surface area contributed by atoms with Gasteiger partial charge in [0.05, 0.1) is 0 Å². The van der Waals surface area contributed by atoms with Crippen LogP contribution in [0.3, 0.4) is 0 Å². The Bertz CT molecular complexity index is 588. The van der Waals surface area contributed by atoms with E-state index in [-0.39, 0.29) is 11.9 Å². The Morgan fingerprint density at radius 2 is 2.20 bits per heavy atom. The van der Waals surface area contributed by atoms with Crippen molar-refractivity contribution in [3.05, 3.63) is 36.0 Å². The average Bonchev–Trinajstić information content (AvgIpc) is 2.81. The molecule has 0 bridgehead atoms. The first-order valence-electron chi connectivity index (χ1n) is 7.21. The van der Waals surface area contributed by atoms with E-state index in [1.807, 2.05) is 35.9 Å². The highest BCUT2D eigenvalue weighted by Gasteiger charge is 2.09. The van der Waals surface area contributed by atoms with Crippen LogP contribution in [0.1, 0.15) is 32.3 Å². The molecule has 4 nitrogen and oxygen atoms in total. The molecule has 3 N–H and O–H groups in total. The van der Waals surface area contributed by atoms with Gasteiger partial charge in [-0.05, 0) is 42.5 Å². The highest BCUT2D eigenvalue weighted by Crippen LogP contribution is 2.17. The fourth-order valence-corrected chi connectivity index (χ4v) is 2.49. The number of hydrogen-bond acceptors (Lipinski definition) is 2. The lowest BCUT2D eigenvalue weighted by molar-refractivity contribution is -0.122. The molecule has 1 aromatic heterocycles. The molecule has 1 aromatic carbocycles. The molecule has 1 amide bonds. The lowest BCUT2D eigenvalue weighted by Crippen LogP contribution is -2.34. The van der Waals surface area contributed by atoms with Gasteiger partial charge in [0.2, 0.25) is 5.91 Å². The number of carbonyl (C=O) groups is 1. The quantitative estimate of drug-likeness (QED) is 0.849. The normalized spacial score (nSPS) is 12.6. The summed E-state index contributed by atoms with van der Waals surface area (Å²) in [5.41, 5.74) is 7.82. The van der Waals surface area contributed by atoms with Crippen molar-refractivity contribution in [3.63, 3.8) is 0 Å². The Labute approximate surface area is 120 Å². The van der Waals surface area contributed by atoms with Crippen LogP contribution in [0.5, 0.6) is 0 Å². The molecule has 0 radical (unpaired) electrons. The Morgan fingerprint density at radius 3 is 2.90 bits per heavy atom. The first-order valence-corrected chi connectivity index (χ1v) is 7.21. The van der Waals surface area contributed by atoms with Crippen LogP contribution < -0.4 is 11.1 Å². The van der Waals surface area contributed by atoms with Gasteiger partial charge in [-0.25, -0.2) is 0 Å². The van der Waals surface area contributed by atoms with E-state index in [0.717, 1.165) is 29.3 Å². The van der Waals surface area contributed by atoms with E-state index in [2.05, 4.69) is 18.3 Å². The first-order chi connectivity index (χ1) is 9.63. The summed E-state index contributed by atoms with van der Waals surface area (Å²) in [6.07, 6.45) is 4.04. The number of hydrogen-bond donors (Lipinski definition) is 2. The smallest absolute Gasteiger partial charge is 0.240 e. The van der Waals surface area contributed by atoms with Crippen LogP contribution >= 0.6 is 0 Å². The Balaban J connectivity index is 2.08. The van der Waals surface area contributed by atoms with Gasteiger partial charge in [0.15, 0.2) is 0 Å². The summed E-state index contributed by atoms with van der Waals surface area (Å²) in [7, 11) is 0. The average molecular weight is 273 g/mol. The molecular weight excluding hydrogens is 250 g/mol. The van der Waals surface area contributed by atoms with Gasteiger partial charge >= 0.3 is 0 Å². The predicted molar refractivity (Wildman–Crippen MR) is 82.3 cm³/mol. The summed E-state index contributed by atoms with van der Waals surface area (Å²) in [5.74, 6) is 0.0614. The third-order valence-corrected chi connectivity index (χ3v) is 3.51. The molecule has 0 aliphatic heterocycles. The minimum Gasteiger partial charge on any atom is -0.352 e. The number of fused-ring (bicyclic) bond motifs is 1. The summed E-state index contributed by atoms with van der Waals surface area (Å²) < 4.78 is 1.98. The number of aromatic nitrogens is 1. The molecule has 1 heterocycles. The minimum atomic E-state index is 0.0614. The maximum absolute atomic E-state index is 12.0. The first kappa shape index (κ1) is 14.6. The lowest BCUT2D eigenvalue weighted by Gasteiger charge is -2.13. The number of carbonyl (C=O) groups excluding carboxylic acids is 1. The summed E-state index contributed by atoms with van der Waals surface area (Å²) in [6, 6.07) is 8.37. The molecular formula is C16H23N3O. The Kier molecular flexibility index (Phi) is 4.79. The van der Waals surface area contributed by atoms with Crippen molar-refractivity contribution in [2.75, 3.05) is 0 Å². The van der Waals surface area contributed by atoms with Crippen LogP contribution in [-0.4, -0.2) is 16.5 Å². The van der Waals surface area contributed by atoms with E-state index < -0.39 is 0 Å². The highest BCUT2D eigenvalue weighted by atomic mass is 16.2. The van der Waals surface area contributed by atoms with Crippen LogP contribution in [0.2, 0.25) is 0 Å². The van der Waals surface area contributed by atoms with Crippen molar-refractivity contribution in [1.29, 1.82) is 0 Å². The van der Waals surface area contributed by atoms with Gasteiger partial charge in [0, 0.05) is 24.3 Å². The number of nitrogens with one attached hydrogen (secondary N) is 1. The predicted octanol–water partition coefficient (Wildman–Crippen LogP) is 2.40. The van der Waals surface area contributed by atoms with Crippen LogP contribution in [-0.2, 0) is 17.9 Å². The van der Waals surface area contributed by atoms with Crippen molar-refractivity contribution < 1.29 is 4.79 Å². The zero-order valence-electron chi connectivity index (χ0n) is 12.2. The Morgan fingerprint density at radius 1 is 1.40 bits per heavy atom. The monoisotopic (exact) mass is 273 g/mol. The molecule has 1 atom stereocenters. The third kappa shape index (κ3) is 3.39. The van der Waals surface area contributed by atoms with Crippen LogP contribution in [0, 0.1) is 0 Å². The molecule has 0 spiro atoms. The second kappa shape index (κ2) is 6.57. The molecule has 108 valence electrons. The maximum atomic E-state index is 12.0. The number of benzene rings is 1. The van der Waals surface area contributed by atoms with Crippen LogP contribution in [0.15, 0.2) is 30.5 Å².